The van der Waals surface area contributed by atoms with Gasteiger partial charge >= 0.3 is 0 Å². The van der Waals surface area contributed by atoms with Crippen molar-refractivity contribution in [3.05, 3.63) is 35.9 Å². The number of nitrogens with one attached hydrogen (secondary N) is 1. The molecule has 1 aromatic carbocycles. The Bertz CT molecular complexity index is 330. The van der Waals surface area contributed by atoms with Crippen LogP contribution in [0, 0.1) is 0 Å². The van der Waals surface area contributed by atoms with Gasteiger partial charge in [-0.3, -0.25) is 0 Å². The lowest BCUT2D eigenvalue weighted by molar-refractivity contribution is 0.0477. The Labute approximate surface area is 104 Å². The molecule has 1 aliphatic carbocycles. The van der Waals surface area contributed by atoms with E-state index in [0.717, 1.165) is 25.9 Å². The van der Waals surface area contributed by atoms with Gasteiger partial charge in [-0.05, 0) is 24.3 Å². The van der Waals surface area contributed by atoms with Crippen molar-refractivity contribution in [1.29, 1.82) is 0 Å². The molecule has 0 aromatic heterocycles. The summed E-state index contributed by atoms with van der Waals surface area (Å²) in [5.74, 6) is 0.501. The molecule has 1 aliphatic rings. The van der Waals surface area contributed by atoms with Crippen LogP contribution in [0.15, 0.2) is 30.3 Å². The van der Waals surface area contributed by atoms with E-state index in [1.54, 1.807) is 0 Å². The Kier molecular flexibility index (Phi) is 4.19. The van der Waals surface area contributed by atoms with Crippen molar-refractivity contribution in [3.63, 3.8) is 0 Å². The molecule has 1 aromatic rings. The quantitative estimate of drug-likeness (QED) is 0.819. The summed E-state index contributed by atoms with van der Waals surface area (Å²) in [5, 5.41) is 13.6. The van der Waals surface area contributed by atoms with Crippen LogP contribution in [-0.2, 0) is 0 Å². The Morgan fingerprint density at radius 3 is 2.53 bits per heavy atom. The van der Waals surface area contributed by atoms with Crippen molar-refractivity contribution in [2.24, 2.45) is 0 Å². The Balaban J connectivity index is 1.75. The van der Waals surface area contributed by atoms with Crippen LogP contribution in [0.1, 0.15) is 44.1 Å². The molecule has 0 spiro atoms. The average molecular weight is 233 g/mol. The zero-order chi connectivity index (χ0) is 12.1. The van der Waals surface area contributed by atoms with Crippen LogP contribution in [0.3, 0.4) is 0 Å². The number of aliphatic hydroxyl groups is 1. The van der Waals surface area contributed by atoms with Crippen LogP contribution in [0.2, 0.25) is 0 Å². The first kappa shape index (κ1) is 12.6. The largest absolute Gasteiger partial charge is 0.389 e. The van der Waals surface area contributed by atoms with Gasteiger partial charge in [-0.2, -0.15) is 0 Å². The van der Waals surface area contributed by atoms with Crippen LogP contribution in [0.5, 0.6) is 0 Å². The molecule has 0 amide bonds. The van der Waals surface area contributed by atoms with Gasteiger partial charge in [-0.1, -0.05) is 50.1 Å². The molecule has 0 bridgehead atoms. The third-order valence-corrected chi connectivity index (χ3v) is 3.81. The van der Waals surface area contributed by atoms with E-state index in [0.29, 0.717) is 5.92 Å². The van der Waals surface area contributed by atoms with E-state index < -0.39 is 5.60 Å². The van der Waals surface area contributed by atoms with E-state index in [9.17, 15) is 5.11 Å². The summed E-state index contributed by atoms with van der Waals surface area (Å²) in [4.78, 5) is 0. The van der Waals surface area contributed by atoms with Crippen LogP contribution in [0.4, 0.5) is 0 Å². The lowest BCUT2D eigenvalue weighted by Crippen LogP contribution is -2.39. The highest BCUT2D eigenvalue weighted by Gasteiger charge is 2.30. The van der Waals surface area contributed by atoms with Gasteiger partial charge in [0.15, 0.2) is 0 Å². The topological polar surface area (TPSA) is 32.3 Å². The van der Waals surface area contributed by atoms with Crippen molar-refractivity contribution in [2.75, 3.05) is 13.1 Å². The predicted octanol–water partition coefficient (Wildman–Crippen LogP) is 2.68. The minimum Gasteiger partial charge on any atom is -0.389 e. The summed E-state index contributed by atoms with van der Waals surface area (Å²) < 4.78 is 0. The van der Waals surface area contributed by atoms with Crippen molar-refractivity contribution in [1.82, 2.24) is 5.32 Å². The zero-order valence-corrected chi connectivity index (χ0v) is 10.7. The first-order chi connectivity index (χ1) is 8.20. The van der Waals surface area contributed by atoms with Crippen LogP contribution < -0.4 is 5.32 Å². The highest BCUT2D eigenvalue weighted by atomic mass is 16.3. The monoisotopic (exact) mass is 233 g/mol. The van der Waals surface area contributed by atoms with E-state index in [1.807, 2.05) is 6.07 Å². The minimum absolute atomic E-state index is 0.434. The fraction of sp³-hybridized carbons (Fsp3) is 0.600. The molecule has 1 saturated carbocycles. The van der Waals surface area contributed by atoms with Crippen molar-refractivity contribution in [2.45, 2.75) is 44.1 Å². The normalized spacial score (nSPS) is 20.4. The van der Waals surface area contributed by atoms with Gasteiger partial charge in [-0.25, -0.2) is 0 Å². The molecule has 2 nitrogen and oxygen atoms in total. The molecular formula is C15H23NO. The maximum atomic E-state index is 10.2. The van der Waals surface area contributed by atoms with E-state index in [-0.39, 0.29) is 0 Å². The maximum absolute atomic E-state index is 10.2. The molecule has 0 heterocycles. The summed E-state index contributed by atoms with van der Waals surface area (Å²) in [6.07, 6.45) is 4.26. The fourth-order valence-electron chi connectivity index (χ4n) is 2.63. The van der Waals surface area contributed by atoms with Gasteiger partial charge in [0.05, 0.1) is 5.60 Å². The summed E-state index contributed by atoms with van der Waals surface area (Å²) in [5.41, 5.74) is 0.926. The number of hydrogen-bond acceptors (Lipinski definition) is 2. The first-order valence-corrected chi connectivity index (χ1v) is 6.68. The van der Waals surface area contributed by atoms with Gasteiger partial charge in [0.1, 0.15) is 0 Å². The summed E-state index contributed by atoms with van der Waals surface area (Å²) in [6.45, 7) is 3.90. The standard InChI is InChI=1S/C15H23NO/c1-13(14-7-3-2-4-8-14)11-16-12-15(17)9-5-6-10-15/h2-4,7-8,13,16-17H,5-6,9-12H2,1H3. The van der Waals surface area contributed by atoms with Gasteiger partial charge in [0, 0.05) is 13.1 Å². The Morgan fingerprint density at radius 1 is 1.24 bits per heavy atom. The second-order valence-corrected chi connectivity index (χ2v) is 5.37. The van der Waals surface area contributed by atoms with Crippen LogP contribution in [0.25, 0.3) is 0 Å². The Morgan fingerprint density at radius 2 is 1.88 bits per heavy atom. The smallest absolute Gasteiger partial charge is 0.0771 e. The summed E-state index contributed by atoms with van der Waals surface area (Å²) >= 11 is 0. The van der Waals surface area contributed by atoms with E-state index >= 15 is 0 Å². The molecular weight excluding hydrogens is 210 g/mol. The Hall–Kier alpha value is -0.860. The molecule has 0 saturated heterocycles. The molecule has 0 aliphatic heterocycles. The van der Waals surface area contributed by atoms with Crippen molar-refractivity contribution < 1.29 is 5.11 Å². The van der Waals surface area contributed by atoms with E-state index in [4.69, 9.17) is 0 Å². The molecule has 2 heteroatoms. The molecule has 1 atom stereocenters. The van der Waals surface area contributed by atoms with Gasteiger partial charge < -0.3 is 10.4 Å². The minimum atomic E-state index is -0.434. The first-order valence-electron chi connectivity index (χ1n) is 6.68. The van der Waals surface area contributed by atoms with Crippen molar-refractivity contribution >= 4 is 0 Å². The third-order valence-electron chi connectivity index (χ3n) is 3.81. The molecule has 94 valence electrons. The molecule has 2 rings (SSSR count). The molecule has 2 N–H and O–H groups in total. The van der Waals surface area contributed by atoms with Crippen molar-refractivity contribution in [3.8, 4) is 0 Å². The second-order valence-electron chi connectivity index (χ2n) is 5.37. The van der Waals surface area contributed by atoms with E-state index in [1.165, 1.54) is 18.4 Å². The lowest BCUT2D eigenvalue weighted by atomic mass is 9.99. The maximum Gasteiger partial charge on any atom is 0.0771 e. The summed E-state index contributed by atoms with van der Waals surface area (Å²) in [7, 11) is 0. The SMILES string of the molecule is CC(CNCC1(O)CCCC1)c1ccccc1. The molecule has 1 unspecified atom stereocenters. The van der Waals surface area contributed by atoms with Gasteiger partial charge in [0.2, 0.25) is 0 Å². The molecule has 17 heavy (non-hydrogen) atoms. The van der Waals surface area contributed by atoms with Crippen LogP contribution >= 0.6 is 0 Å². The van der Waals surface area contributed by atoms with Gasteiger partial charge in [-0.15, -0.1) is 0 Å². The summed E-state index contributed by atoms with van der Waals surface area (Å²) in [6, 6.07) is 10.5. The number of hydrogen-bond donors (Lipinski definition) is 2. The third kappa shape index (κ3) is 3.55. The lowest BCUT2D eigenvalue weighted by Gasteiger charge is -2.23. The van der Waals surface area contributed by atoms with E-state index in [2.05, 4.69) is 36.5 Å². The zero-order valence-electron chi connectivity index (χ0n) is 10.7. The number of rotatable bonds is 5. The highest BCUT2D eigenvalue weighted by molar-refractivity contribution is 5.18. The molecule has 0 radical (unpaired) electrons. The average Bonchev–Trinajstić information content (AvgIpc) is 2.77. The van der Waals surface area contributed by atoms with Gasteiger partial charge in [0.25, 0.3) is 0 Å². The second kappa shape index (κ2) is 5.65. The predicted molar refractivity (Wildman–Crippen MR) is 71.1 cm³/mol. The number of benzene rings is 1. The van der Waals surface area contributed by atoms with Crippen LogP contribution in [-0.4, -0.2) is 23.8 Å². The highest BCUT2D eigenvalue weighted by Crippen LogP contribution is 2.28. The molecule has 1 fully saturated rings. The fourth-order valence-corrected chi connectivity index (χ4v) is 2.63.